The van der Waals surface area contributed by atoms with E-state index in [1.807, 2.05) is 12.1 Å². The van der Waals surface area contributed by atoms with Crippen LogP contribution in [0.4, 0.5) is 11.4 Å². The maximum atomic E-state index is 4.46. The van der Waals surface area contributed by atoms with Gasteiger partial charge in [-0.3, -0.25) is 0 Å². The molecule has 2 nitrogen and oxygen atoms in total. The van der Waals surface area contributed by atoms with Crippen LogP contribution >= 0.6 is 0 Å². The summed E-state index contributed by atoms with van der Waals surface area (Å²) in [6.07, 6.45) is 8.16. The molecule has 0 saturated carbocycles. The predicted molar refractivity (Wildman–Crippen MR) is 126 cm³/mol. The van der Waals surface area contributed by atoms with E-state index < -0.39 is 18.4 Å². The summed E-state index contributed by atoms with van der Waals surface area (Å²) in [6, 6.07) is 17.4. The van der Waals surface area contributed by atoms with Crippen LogP contribution in [0.5, 0.6) is 0 Å². The maximum absolute atomic E-state index is 4.46. The molecule has 28 heavy (non-hydrogen) atoms. The molecule has 0 atom stereocenters. The minimum atomic E-state index is -2.32. The van der Waals surface area contributed by atoms with E-state index >= 15 is 0 Å². The summed E-state index contributed by atoms with van der Waals surface area (Å²) >= 11 is -2.32. The van der Waals surface area contributed by atoms with Crippen molar-refractivity contribution in [3.63, 3.8) is 0 Å². The first-order valence-corrected chi connectivity index (χ1v) is 18.7. The van der Waals surface area contributed by atoms with Crippen LogP contribution in [-0.2, 0) is 0 Å². The Morgan fingerprint density at radius 3 is 1.39 bits per heavy atom. The Kier molecular flexibility index (Phi) is 10.2. The molecule has 0 spiro atoms. The van der Waals surface area contributed by atoms with E-state index in [4.69, 9.17) is 0 Å². The SMILES string of the molecule is CCC[CH2][Sn]([CH2]CCC)([CH2]CCC)[c]1ccc(N=Nc2ccc(C)cc2)cc1. The van der Waals surface area contributed by atoms with Crippen molar-refractivity contribution in [3.8, 4) is 0 Å². The summed E-state index contributed by atoms with van der Waals surface area (Å²) in [5.74, 6) is 0. The van der Waals surface area contributed by atoms with Crippen molar-refractivity contribution in [1.82, 2.24) is 0 Å². The van der Waals surface area contributed by atoms with E-state index in [1.165, 1.54) is 57.4 Å². The Morgan fingerprint density at radius 1 is 0.607 bits per heavy atom. The van der Waals surface area contributed by atoms with Crippen molar-refractivity contribution >= 4 is 33.3 Å². The number of benzene rings is 2. The van der Waals surface area contributed by atoms with Crippen molar-refractivity contribution in [2.24, 2.45) is 10.2 Å². The molecule has 0 aliphatic rings. The molecule has 2 aromatic carbocycles. The number of hydrogen-bond acceptors (Lipinski definition) is 2. The second kappa shape index (κ2) is 12.4. The first-order valence-electron chi connectivity index (χ1n) is 11.2. The predicted octanol–water partition coefficient (Wildman–Crippen LogP) is 8.47. The van der Waals surface area contributed by atoms with Gasteiger partial charge in [-0.05, 0) is 0 Å². The van der Waals surface area contributed by atoms with Crippen LogP contribution in [0.15, 0.2) is 58.8 Å². The third-order valence-corrected chi connectivity index (χ3v) is 21.5. The van der Waals surface area contributed by atoms with Gasteiger partial charge in [0.05, 0.1) is 0 Å². The van der Waals surface area contributed by atoms with E-state index in [0.717, 1.165) is 11.4 Å². The zero-order chi connectivity index (χ0) is 20.2. The van der Waals surface area contributed by atoms with Crippen LogP contribution in [0.1, 0.15) is 64.9 Å². The Hall–Kier alpha value is -1.16. The fourth-order valence-corrected chi connectivity index (χ4v) is 19.9. The van der Waals surface area contributed by atoms with Crippen molar-refractivity contribution < 1.29 is 0 Å². The van der Waals surface area contributed by atoms with Crippen LogP contribution in [0.3, 0.4) is 0 Å². The fraction of sp³-hybridized carbons (Fsp3) is 0.520. The van der Waals surface area contributed by atoms with E-state index in [1.54, 1.807) is 3.58 Å². The van der Waals surface area contributed by atoms with Gasteiger partial charge in [0.25, 0.3) is 0 Å². The van der Waals surface area contributed by atoms with Gasteiger partial charge in [-0.2, -0.15) is 0 Å². The molecule has 0 aliphatic carbocycles. The molecule has 0 aliphatic heterocycles. The minimum absolute atomic E-state index is 0.914. The molecule has 0 saturated heterocycles. The Labute approximate surface area is 176 Å². The van der Waals surface area contributed by atoms with Gasteiger partial charge in [-0.25, -0.2) is 0 Å². The Balaban J connectivity index is 2.21. The molecule has 0 fully saturated rings. The molecule has 2 aromatic rings. The van der Waals surface area contributed by atoms with Gasteiger partial charge in [0.15, 0.2) is 0 Å². The molecule has 3 heteroatoms. The molecule has 0 N–H and O–H groups in total. The van der Waals surface area contributed by atoms with Gasteiger partial charge in [-0.15, -0.1) is 0 Å². The van der Waals surface area contributed by atoms with E-state index in [9.17, 15) is 0 Å². The van der Waals surface area contributed by atoms with Crippen molar-refractivity contribution in [3.05, 3.63) is 54.1 Å². The summed E-state index contributed by atoms with van der Waals surface area (Å²) < 4.78 is 6.24. The van der Waals surface area contributed by atoms with Gasteiger partial charge in [0.1, 0.15) is 0 Å². The van der Waals surface area contributed by atoms with E-state index in [0.29, 0.717) is 0 Å². The summed E-state index contributed by atoms with van der Waals surface area (Å²) in [6.45, 7) is 9.11. The third-order valence-electron chi connectivity index (χ3n) is 5.82. The number of aryl methyl sites for hydroxylation is 1. The number of nitrogens with zero attached hydrogens (tertiary/aromatic N) is 2. The Bertz CT molecular complexity index is 683. The quantitative estimate of drug-likeness (QED) is 0.213. The molecule has 2 rings (SSSR count). The van der Waals surface area contributed by atoms with Crippen LogP contribution in [-0.4, -0.2) is 18.4 Å². The van der Waals surface area contributed by atoms with E-state index in [-0.39, 0.29) is 0 Å². The second-order valence-electron chi connectivity index (χ2n) is 8.17. The number of azo groups is 1. The summed E-state index contributed by atoms with van der Waals surface area (Å²) in [4.78, 5) is 0. The van der Waals surface area contributed by atoms with Crippen LogP contribution in [0, 0.1) is 6.92 Å². The average Bonchev–Trinajstić information content (AvgIpc) is 2.73. The molecule has 0 radical (unpaired) electrons. The normalized spacial score (nSPS) is 12.0. The zero-order valence-corrected chi connectivity index (χ0v) is 21.2. The van der Waals surface area contributed by atoms with Crippen molar-refractivity contribution in [2.45, 2.75) is 79.5 Å². The first-order chi connectivity index (χ1) is 13.6. The topological polar surface area (TPSA) is 24.7 Å². The molecular weight excluding hydrogens is 447 g/mol. The fourth-order valence-electron chi connectivity index (χ4n) is 3.96. The monoisotopic (exact) mass is 486 g/mol. The second-order valence-corrected chi connectivity index (χ2v) is 21.4. The number of rotatable bonds is 12. The van der Waals surface area contributed by atoms with Crippen molar-refractivity contribution in [1.29, 1.82) is 0 Å². The number of hydrogen-bond donors (Lipinski definition) is 0. The van der Waals surface area contributed by atoms with Crippen LogP contribution in [0.2, 0.25) is 13.3 Å². The first kappa shape index (κ1) is 23.1. The summed E-state index contributed by atoms with van der Waals surface area (Å²) in [5.41, 5.74) is 3.13. The molecule has 0 heterocycles. The van der Waals surface area contributed by atoms with Gasteiger partial charge in [-0.1, -0.05) is 0 Å². The molecule has 0 amide bonds. The van der Waals surface area contributed by atoms with Crippen molar-refractivity contribution in [2.75, 3.05) is 0 Å². The summed E-state index contributed by atoms with van der Waals surface area (Å²) in [7, 11) is 0. The summed E-state index contributed by atoms with van der Waals surface area (Å²) in [5, 5.41) is 8.86. The van der Waals surface area contributed by atoms with E-state index in [2.05, 4.69) is 74.3 Å². The standard InChI is InChI=1S/C13H11N2.3C4H9.Sn/c1-11-7-9-13(10-8-11)15-14-12-5-3-2-4-6-12;3*1-3-4-2;/h3-10H,1H3;3*1,3-4H2,2H3;. The average molecular weight is 485 g/mol. The molecule has 0 aromatic heterocycles. The molecule has 0 bridgehead atoms. The van der Waals surface area contributed by atoms with Gasteiger partial charge in [0.2, 0.25) is 0 Å². The van der Waals surface area contributed by atoms with Crippen LogP contribution in [0.25, 0.3) is 0 Å². The molecular formula is C25H38N2Sn. The molecule has 152 valence electrons. The Morgan fingerprint density at radius 2 is 1.00 bits per heavy atom. The number of unbranched alkanes of at least 4 members (excludes halogenated alkanes) is 3. The van der Waals surface area contributed by atoms with Crippen LogP contribution < -0.4 is 3.58 Å². The van der Waals surface area contributed by atoms with Gasteiger partial charge < -0.3 is 0 Å². The van der Waals surface area contributed by atoms with Gasteiger partial charge in [0, 0.05) is 0 Å². The third kappa shape index (κ3) is 7.02. The zero-order valence-electron chi connectivity index (χ0n) is 18.4. The van der Waals surface area contributed by atoms with Gasteiger partial charge >= 0.3 is 177 Å². The molecule has 0 unspecified atom stereocenters.